The maximum atomic E-state index is 11.7. The van der Waals surface area contributed by atoms with E-state index < -0.39 is 10.0 Å². The van der Waals surface area contributed by atoms with Gasteiger partial charge in [0.2, 0.25) is 10.0 Å². The van der Waals surface area contributed by atoms with E-state index in [4.69, 9.17) is 9.88 Å². The van der Waals surface area contributed by atoms with Crippen LogP contribution in [0.3, 0.4) is 0 Å². The van der Waals surface area contributed by atoms with E-state index in [-0.39, 0.29) is 18.2 Å². The van der Waals surface area contributed by atoms with Crippen molar-refractivity contribution in [3.8, 4) is 5.75 Å². The number of ether oxygens (including phenoxy) is 1. The van der Waals surface area contributed by atoms with Gasteiger partial charge in [-0.25, -0.2) is 13.6 Å². The standard InChI is InChI=1S/C11H16N2O4S/c1-8-3-4-9(7-10(8)17-2)11(14)13-5-6-18(12,15)16/h3-4,7H,5-6H2,1-2H3,(H,13,14)(H2,12,15,16). The van der Waals surface area contributed by atoms with Gasteiger partial charge in [0.1, 0.15) is 5.75 Å². The lowest BCUT2D eigenvalue weighted by Crippen LogP contribution is -2.31. The Hall–Kier alpha value is -1.60. The molecule has 0 radical (unpaired) electrons. The summed E-state index contributed by atoms with van der Waals surface area (Å²) in [6.45, 7) is 1.84. The molecule has 0 saturated heterocycles. The lowest BCUT2D eigenvalue weighted by Gasteiger charge is -2.08. The fourth-order valence-corrected chi connectivity index (χ4v) is 1.76. The van der Waals surface area contributed by atoms with Gasteiger partial charge in [-0.05, 0) is 24.6 Å². The monoisotopic (exact) mass is 272 g/mol. The molecule has 6 nitrogen and oxygen atoms in total. The van der Waals surface area contributed by atoms with Crippen LogP contribution in [0.2, 0.25) is 0 Å². The number of primary sulfonamides is 1. The summed E-state index contributed by atoms with van der Waals surface area (Å²) in [6, 6.07) is 5.00. The summed E-state index contributed by atoms with van der Waals surface area (Å²) in [4.78, 5) is 11.7. The minimum atomic E-state index is -3.56. The molecule has 0 saturated carbocycles. The van der Waals surface area contributed by atoms with Crippen LogP contribution in [-0.2, 0) is 10.0 Å². The van der Waals surface area contributed by atoms with Gasteiger partial charge >= 0.3 is 0 Å². The molecule has 0 atom stereocenters. The first-order valence-electron chi connectivity index (χ1n) is 5.27. The van der Waals surface area contributed by atoms with E-state index in [1.54, 1.807) is 18.2 Å². The number of rotatable bonds is 5. The Kier molecular flexibility index (Phi) is 4.69. The molecule has 1 rings (SSSR count). The highest BCUT2D eigenvalue weighted by Gasteiger charge is 2.09. The van der Waals surface area contributed by atoms with E-state index in [1.807, 2.05) is 6.92 Å². The van der Waals surface area contributed by atoms with Crippen LogP contribution < -0.4 is 15.2 Å². The first-order valence-corrected chi connectivity index (χ1v) is 6.98. The molecule has 0 aliphatic carbocycles. The number of hydrogen-bond donors (Lipinski definition) is 2. The first-order chi connectivity index (χ1) is 8.33. The third-order valence-electron chi connectivity index (χ3n) is 2.34. The van der Waals surface area contributed by atoms with Gasteiger partial charge in [-0.2, -0.15) is 0 Å². The Bertz CT molecular complexity index is 540. The van der Waals surface area contributed by atoms with Crippen LogP contribution in [0.15, 0.2) is 18.2 Å². The maximum absolute atomic E-state index is 11.7. The second-order valence-electron chi connectivity index (χ2n) is 3.81. The Balaban J connectivity index is 2.67. The molecule has 0 bridgehead atoms. The van der Waals surface area contributed by atoms with Crippen LogP contribution >= 0.6 is 0 Å². The highest BCUT2D eigenvalue weighted by Crippen LogP contribution is 2.18. The fourth-order valence-electron chi connectivity index (χ4n) is 1.37. The summed E-state index contributed by atoms with van der Waals surface area (Å²) >= 11 is 0. The predicted octanol–water partition coefficient (Wildman–Crippen LogP) is 0.0219. The number of nitrogens with two attached hydrogens (primary N) is 1. The molecule has 7 heteroatoms. The molecule has 1 aromatic rings. The molecular weight excluding hydrogens is 256 g/mol. The van der Waals surface area contributed by atoms with Gasteiger partial charge in [0, 0.05) is 12.1 Å². The van der Waals surface area contributed by atoms with Crippen LogP contribution in [0.5, 0.6) is 5.75 Å². The number of nitrogens with one attached hydrogen (secondary N) is 1. The fraction of sp³-hybridized carbons (Fsp3) is 0.364. The molecule has 1 aromatic carbocycles. The summed E-state index contributed by atoms with van der Waals surface area (Å²) < 4.78 is 26.5. The van der Waals surface area contributed by atoms with Gasteiger partial charge in [0.15, 0.2) is 0 Å². The average Bonchev–Trinajstić information content (AvgIpc) is 2.27. The van der Waals surface area contributed by atoms with Crippen molar-refractivity contribution in [3.05, 3.63) is 29.3 Å². The van der Waals surface area contributed by atoms with Gasteiger partial charge in [0.05, 0.1) is 12.9 Å². The van der Waals surface area contributed by atoms with Crippen LogP contribution in [0, 0.1) is 6.92 Å². The number of hydrogen-bond acceptors (Lipinski definition) is 4. The summed E-state index contributed by atoms with van der Waals surface area (Å²) in [5, 5.41) is 7.30. The predicted molar refractivity (Wildman–Crippen MR) is 68.0 cm³/mol. The molecule has 0 heterocycles. The van der Waals surface area contributed by atoms with Crippen molar-refractivity contribution in [2.75, 3.05) is 19.4 Å². The highest BCUT2D eigenvalue weighted by molar-refractivity contribution is 7.89. The zero-order valence-electron chi connectivity index (χ0n) is 10.3. The quantitative estimate of drug-likeness (QED) is 0.789. The van der Waals surface area contributed by atoms with Gasteiger partial charge in [0.25, 0.3) is 5.91 Å². The van der Waals surface area contributed by atoms with Crippen molar-refractivity contribution in [2.45, 2.75) is 6.92 Å². The van der Waals surface area contributed by atoms with E-state index in [1.165, 1.54) is 7.11 Å². The topological polar surface area (TPSA) is 98.5 Å². The summed E-state index contributed by atoms with van der Waals surface area (Å²) in [5.41, 5.74) is 1.32. The van der Waals surface area contributed by atoms with Crippen molar-refractivity contribution in [1.29, 1.82) is 0 Å². The largest absolute Gasteiger partial charge is 0.496 e. The zero-order valence-corrected chi connectivity index (χ0v) is 11.1. The molecular formula is C11H16N2O4S. The Morgan fingerprint density at radius 2 is 2.11 bits per heavy atom. The number of carbonyl (C=O) groups is 1. The molecule has 0 aromatic heterocycles. The molecule has 100 valence electrons. The molecule has 0 aliphatic rings. The molecule has 0 unspecified atom stereocenters. The lowest BCUT2D eigenvalue weighted by molar-refractivity contribution is 0.0956. The number of methoxy groups -OCH3 is 1. The molecule has 0 aliphatic heterocycles. The smallest absolute Gasteiger partial charge is 0.251 e. The van der Waals surface area contributed by atoms with E-state index >= 15 is 0 Å². The molecule has 0 spiro atoms. The maximum Gasteiger partial charge on any atom is 0.251 e. The Morgan fingerprint density at radius 1 is 1.44 bits per heavy atom. The Labute approximate surface area is 106 Å². The lowest BCUT2D eigenvalue weighted by atomic mass is 10.1. The van der Waals surface area contributed by atoms with E-state index in [9.17, 15) is 13.2 Å². The van der Waals surface area contributed by atoms with Crippen LogP contribution in [0.25, 0.3) is 0 Å². The third kappa shape index (κ3) is 4.34. The molecule has 3 N–H and O–H groups in total. The minimum absolute atomic E-state index is 0.0200. The number of sulfonamides is 1. The summed E-state index contributed by atoms with van der Waals surface area (Å²) in [6.07, 6.45) is 0. The number of carbonyl (C=O) groups excluding carboxylic acids is 1. The average molecular weight is 272 g/mol. The van der Waals surface area contributed by atoms with Gasteiger partial charge < -0.3 is 10.1 Å². The van der Waals surface area contributed by atoms with Crippen molar-refractivity contribution in [1.82, 2.24) is 5.32 Å². The minimum Gasteiger partial charge on any atom is -0.496 e. The summed E-state index contributed by atoms with van der Waals surface area (Å²) in [7, 11) is -2.04. The number of amides is 1. The summed E-state index contributed by atoms with van der Waals surface area (Å²) in [5.74, 6) is -0.0482. The van der Waals surface area contributed by atoms with Crippen molar-refractivity contribution < 1.29 is 17.9 Å². The van der Waals surface area contributed by atoms with Gasteiger partial charge in [-0.15, -0.1) is 0 Å². The third-order valence-corrected chi connectivity index (χ3v) is 3.12. The van der Waals surface area contributed by atoms with Gasteiger partial charge in [-0.3, -0.25) is 4.79 Å². The van der Waals surface area contributed by atoms with Crippen LogP contribution in [0.1, 0.15) is 15.9 Å². The van der Waals surface area contributed by atoms with Crippen molar-refractivity contribution in [3.63, 3.8) is 0 Å². The SMILES string of the molecule is COc1cc(C(=O)NCCS(N)(=O)=O)ccc1C. The highest BCUT2D eigenvalue weighted by atomic mass is 32.2. The van der Waals surface area contributed by atoms with E-state index in [0.29, 0.717) is 11.3 Å². The van der Waals surface area contributed by atoms with E-state index in [2.05, 4.69) is 5.32 Å². The second-order valence-corrected chi connectivity index (χ2v) is 5.54. The molecule has 0 fully saturated rings. The second kappa shape index (κ2) is 5.83. The normalized spacial score (nSPS) is 11.1. The first kappa shape index (κ1) is 14.5. The van der Waals surface area contributed by atoms with E-state index in [0.717, 1.165) is 5.56 Å². The zero-order chi connectivity index (χ0) is 13.8. The van der Waals surface area contributed by atoms with Crippen molar-refractivity contribution >= 4 is 15.9 Å². The molecule has 1 amide bonds. The Morgan fingerprint density at radius 3 is 2.67 bits per heavy atom. The van der Waals surface area contributed by atoms with Crippen LogP contribution in [0.4, 0.5) is 0 Å². The van der Waals surface area contributed by atoms with Crippen molar-refractivity contribution in [2.24, 2.45) is 5.14 Å². The van der Waals surface area contributed by atoms with Gasteiger partial charge in [-0.1, -0.05) is 6.07 Å². The van der Waals surface area contributed by atoms with Crippen LogP contribution in [-0.4, -0.2) is 33.7 Å². The number of benzene rings is 1. The number of aryl methyl sites for hydroxylation is 1. The molecule has 18 heavy (non-hydrogen) atoms.